The summed E-state index contributed by atoms with van der Waals surface area (Å²) in [5.74, 6) is -1.02. The van der Waals surface area contributed by atoms with Gasteiger partial charge in [0.2, 0.25) is 0 Å². The summed E-state index contributed by atoms with van der Waals surface area (Å²) in [7, 11) is 0. The van der Waals surface area contributed by atoms with Crippen LogP contribution in [0.3, 0.4) is 0 Å². The molecule has 2 aromatic rings. The largest absolute Gasteiger partial charge is 0.507 e. The molecule has 4 heteroatoms. The molecule has 0 atom stereocenters. The van der Waals surface area contributed by atoms with Gasteiger partial charge in [-0.25, -0.2) is 4.79 Å². The predicted octanol–water partition coefficient (Wildman–Crippen LogP) is 2.98. The van der Waals surface area contributed by atoms with Crippen molar-refractivity contribution >= 4 is 5.97 Å². The second-order valence-corrected chi connectivity index (χ2v) is 4.20. The van der Waals surface area contributed by atoms with Crippen molar-refractivity contribution in [1.82, 2.24) is 0 Å². The quantitative estimate of drug-likeness (QED) is 0.884. The van der Waals surface area contributed by atoms with E-state index in [0.717, 1.165) is 11.1 Å². The SMILES string of the molecule is Cc1ccccc1COc1ccc(C(=O)O)c(O)c1. The molecule has 0 unspecified atom stereocenters. The molecule has 2 rings (SSSR count). The maximum absolute atomic E-state index is 10.8. The Balaban J connectivity index is 2.11. The minimum absolute atomic E-state index is 0.136. The highest BCUT2D eigenvalue weighted by Crippen LogP contribution is 2.24. The van der Waals surface area contributed by atoms with Crippen molar-refractivity contribution in [3.63, 3.8) is 0 Å². The maximum atomic E-state index is 10.8. The Kier molecular flexibility index (Phi) is 3.71. The zero-order valence-electron chi connectivity index (χ0n) is 10.5. The van der Waals surface area contributed by atoms with Crippen molar-refractivity contribution in [3.8, 4) is 11.5 Å². The minimum atomic E-state index is -1.16. The van der Waals surface area contributed by atoms with E-state index in [1.165, 1.54) is 18.2 Å². The van der Waals surface area contributed by atoms with Gasteiger partial charge in [0.25, 0.3) is 0 Å². The molecule has 0 saturated heterocycles. The summed E-state index contributed by atoms with van der Waals surface area (Å²) in [6, 6.07) is 12.0. The lowest BCUT2D eigenvalue weighted by Gasteiger charge is -2.09. The van der Waals surface area contributed by atoms with E-state index in [1.807, 2.05) is 31.2 Å². The summed E-state index contributed by atoms with van der Waals surface area (Å²) in [6.07, 6.45) is 0. The van der Waals surface area contributed by atoms with Crippen LogP contribution in [0.25, 0.3) is 0 Å². The Morgan fingerprint density at radius 3 is 2.58 bits per heavy atom. The van der Waals surface area contributed by atoms with Gasteiger partial charge in [0, 0.05) is 6.07 Å². The summed E-state index contributed by atoms with van der Waals surface area (Å²) in [5, 5.41) is 18.4. The van der Waals surface area contributed by atoms with E-state index in [-0.39, 0.29) is 11.3 Å². The smallest absolute Gasteiger partial charge is 0.339 e. The second-order valence-electron chi connectivity index (χ2n) is 4.20. The third-order valence-electron chi connectivity index (χ3n) is 2.86. The van der Waals surface area contributed by atoms with Crippen LogP contribution in [0.1, 0.15) is 21.5 Å². The number of benzene rings is 2. The van der Waals surface area contributed by atoms with Crippen molar-refractivity contribution in [1.29, 1.82) is 0 Å². The lowest BCUT2D eigenvalue weighted by molar-refractivity contribution is 0.0693. The highest BCUT2D eigenvalue weighted by Gasteiger charge is 2.10. The van der Waals surface area contributed by atoms with Crippen molar-refractivity contribution in [2.24, 2.45) is 0 Å². The lowest BCUT2D eigenvalue weighted by Crippen LogP contribution is -2.00. The lowest BCUT2D eigenvalue weighted by atomic mass is 10.1. The van der Waals surface area contributed by atoms with Gasteiger partial charge in [0.05, 0.1) is 0 Å². The first-order chi connectivity index (χ1) is 9.08. The molecule has 0 bridgehead atoms. The van der Waals surface area contributed by atoms with Gasteiger partial charge in [-0.05, 0) is 30.2 Å². The number of hydrogen-bond acceptors (Lipinski definition) is 3. The number of carbonyl (C=O) groups is 1. The average Bonchev–Trinajstić information content (AvgIpc) is 2.37. The van der Waals surface area contributed by atoms with Gasteiger partial charge in [-0.1, -0.05) is 24.3 Å². The topological polar surface area (TPSA) is 66.8 Å². The standard InChI is InChI=1S/C15H14O4/c1-10-4-2-3-5-11(10)9-19-12-6-7-13(15(17)18)14(16)8-12/h2-8,16H,9H2,1H3,(H,17,18). The Morgan fingerprint density at radius 2 is 1.95 bits per heavy atom. The van der Waals surface area contributed by atoms with Crippen molar-refractivity contribution in [2.75, 3.05) is 0 Å². The summed E-state index contributed by atoms with van der Waals surface area (Å²) < 4.78 is 5.54. The molecule has 2 aromatic carbocycles. The monoisotopic (exact) mass is 258 g/mol. The van der Waals surface area contributed by atoms with Crippen LogP contribution in [-0.4, -0.2) is 16.2 Å². The molecule has 2 N–H and O–H groups in total. The van der Waals surface area contributed by atoms with Gasteiger partial charge in [-0.3, -0.25) is 0 Å². The third kappa shape index (κ3) is 3.04. The third-order valence-corrected chi connectivity index (χ3v) is 2.86. The predicted molar refractivity (Wildman–Crippen MR) is 70.6 cm³/mol. The number of aromatic hydroxyl groups is 1. The molecule has 19 heavy (non-hydrogen) atoms. The number of aryl methyl sites for hydroxylation is 1. The number of carboxylic acid groups (broad SMARTS) is 1. The van der Waals surface area contributed by atoms with Crippen LogP contribution < -0.4 is 4.74 Å². The zero-order chi connectivity index (χ0) is 13.8. The highest BCUT2D eigenvalue weighted by molar-refractivity contribution is 5.90. The van der Waals surface area contributed by atoms with E-state index < -0.39 is 5.97 Å². The summed E-state index contributed by atoms with van der Waals surface area (Å²) >= 11 is 0. The molecule has 0 aliphatic heterocycles. The maximum Gasteiger partial charge on any atom is 0.339 e. The van der Waals surface area contributed by atoms with Gasteiger partial charge in [-0.15, -0.1) is 0 Å². The Morgan fingerprint density at radius 1 is 1.21 bits per heavy atom. The first-order valence-electron chi connectivity index (χ1n) is 5.81. The van der Waals surface area contributed by atoms with Crippen LogP contribution in [0, 0.1) is 6.92 Å². The molecule has 0 fully saturated rings. The number of ether oxygens (including phenoxy) is 1. The highest BCUT2D eigenvalue weighted by atomic mass is 16.5. The minimum Gasteiger partial charge on any atom is -0.507 e. The fourth-order valence-electron chi connectivity index (χ4n) is 1.72. The van der Waals surface area contributed by atoms with Crippen LogP contribution in [0.4, 0.5) is 0 Å². The van der Waals surface area contributed by atoms with E-state index >= 15 is 0 Å². The van der Waals surface area contributed by atoms with Gasteiger partial charge in [0.1, 0.15) is 23.7 Å². The van der Waals surface area contributed by atoms with Crippen LogP contribution in [0.5, 0.6) is 11.5 Å². The molecule has 0 radical (unpaired) electrons. The van der Waals surface area contributed by atoms with Crippen molar-refractivity contribution < 1.29 is 19.7 Å². The number of phenols is 1. The molecule has 0 aliphatic carbocycles. The van der Waals surface area contributed by atoms with E-state index in [4.69, 9.17) is 9.84 Å². The van der Waals surface area contributed by atoms with Crippen molar-refractivity contribution in [3.05, 3.63) is 59.2 Å². The van der Waals surface area contributed by atoms with Crippen LogP contribution in [0.15, 0.2) is 42.5 Å². The molecule has 0 aromatic heterocycles. The molecule has 4 nitrogen and oxygen atoms in total. The van der Waals surface area contributed by atoms with E-state index in [9.17, 15) is 9.90 Å². The molecule has 0 heterocycles. The number of hydrogen-bond donors (Lipinski definition) is 2. The molecule has 98 valence electrons. The Bertz CT molecular complexity index is 605. The van der Waals surface area contributed by atoms with Crippen molar-refractivity contribution in [2.45, 2.75) is 13.5 Å². The number of rotatable bonds is 4. The fraction of sp³-hybridized carbons (Fsp3) is 0.133. The molecule has 0 saturated carbocycles. The molecule has 0 amide bonds. The first-order valence-corrected chi connectivity index (χ1v) is 5.81. The van der Waals surface area contributed by atoms with Gasteiger partial charge in [-0.2, -0.15) is 0 Å². The summed E-state index contributed by atoms with van der Waals surface area (Å²) in [5.41, 5.74) is 2.03. The van der Waals surface area contributed by atoms with Crippen LogP contribution >= 0.6 is 0 Å². The normalized spacial score (nSPS) is 10.2. The first kappa shape index (κ1) is 13.0. The molecular formula is C15H14O4. The van der Waals surface area contributed by atoms with Crippen LogP contribution in [-0.2, 0) is 6.61 Å². The van der Waals surface area contributed by atoms with E-state index in [2.05, 4.69) is 0 Å². The molecular weight excluding hydrogens is 244 g/mol. The fourth-order valence-corrected chi connectivity index (χ4v) is 1.72. The summed E-state index contributed by atoms with van der Waals surface area (Å²) in [4.78, 5) is 10.8. The average molecular weight is 258 g/mol. The molecule has 0 spiro atoms. The van der Waals surface area contributed by atoms with Gasteiger partial charge in [0.15, 0.2) is 0 Å². The van der Waals surface area contributed by atoms with E-state index in [1.54, 1.807) is 0 Å². The Labute approximate surface area is 110 Å². The van der Waals surface area contributed by atoms with E-state index in [0.29, 0.717) is 12.4 Å². The van der Waals surface area contributed by atoms with Crippen LogP contribution in [0.2, 0.25) is 0 Å². The number of aromatic carboxylic acids is 1. The number of carboxylic acids is 1. The molecule has 0 aliphatic rings. The van der Waals surface area contributed by atoms with Gasteiger partial charge < -0.3 is 14.9 Å². The van der Waals surface area contributed by atoms with Gasteiger partial charge >= 0.3 is 5.97 Å². The zero-order valence-corrected chi connectivity index (χ0v) is 10.5. The second kappa shape index (κ2) is 5.44. The summed E-state index contributed by atoms with van der Waals surface area (Å²) in [6.45, 7) is 2.36. The Hall–Kier alpha value is -2.49.